The van der Waals surface area contributed by atoms with Crippen LogP contribution in [0.25, 0.3) is 11.6 Å². The van der Waals surface area contributed by atoms with Crippen molar-refractivity contribution >= 4 is 23.4 Å². The van der Waals surface area contributed by atoms with Crippen LogP contribution in [0.3, 0.4) is 0 Å². The van der Waals surface area contributed by atoms with Gasteiger partial charge in [-0.3, -0.25) is 9.89 Å². The number of hydrogen-bond donors (Lipinski definition) is 2. The first kappa shape index (κ1) is 17.1. The molecule has 10 heteroatoms. The number of aromatic nitrogens is 3. The maximum absolute atomic E-state index is 12.5. The van der Waals surface area contributed by atoms with Crippen LogP contribution in [0, 0.1) is 0 Å². The summed E-state index contributed by atoms with van der Waals surface area (Å²) in [6.07, 6.45) is -2.90. The summed E-state index contributed by atoms with van der Waals surface area (Å²) in [5.41, 5.74) is -0.490. The smallest absolute Gasteiger partial charge is 0.416 e. The lowest BCUT2D eigenvalue weighted by Gasteiger charge is -2.08. The highest BCUT2D eigenvalue weighted by Gasteiger charge is 2.29. The monoisotopic (exact) mass is 368 g/mol. The molecule has 0 unspecified atom stereocenters. The third-order valence-corrected chi connectivity index (χ3v) is 3.90. The third kappa shape index (κ3) is 4.41. The average molecular weight is 368 g/mol. The van der Waals surface area contributed by atoms with Gasteiger partial charge in [0, 0.05) is 5.69 Å². The van der Waals surface area contributed by atoms with Crippen LogP contribution in [0.1, 0.15) is 5.56 Å². The van der Waals surface area contributed by atoms with E-state index in [2.05, 4.69) is 20.5 Å². The first-order valence-electron chi connectivity index (χ1n) is 6.98. The fourth-order valence-electron chi connectivity index (χ4n) is 1.90. The molecule has 0 aliphatic carbocycles. The van der Waals surface area contributed by atoms with Crippen LogP contribution < -0.4 is 5.32 Å². The second-order valence-corrected chi connectivity index (χ2v) is 5.80. The molecule has 2 N–H and O–H groups in total. The maximum Gasteiger partial charge on any atom is 0.416 e. The standard InChI is InChI=1S/C15H11F3N4O2S/c16-15(17,18)9-3-5-10(6-4-9)19-12(23)8-25-14-20-13(21-22-14)11-2-1-7-24-11/h1-7H,8H2,(H,19,23)(H,20,21,22). The van der Waals surface area contributed by atoms with Gasteiger partial charge in [-0.2, -0.15) is 18.2 Å². The SMILES string of the molecule is O=C(CSc1n[nH]c(-c2ccco2)n1)Nc1ccc(C(F)(F)F)cc1. The minimum atomic E-state index is -4.41. The highest BCUT2D eigenvalue weighted by Crippen LogP contribution is 2.29. The van der Waals surface area contributed by atoms with Crippen molar-refractivity contribution in [1.82, 2.24) is 15.2 Å². The Morgan fingerprint density at radius 2 is 2.00 bits per heavy atom. The summed E-state index contributed by atoms with van der Waals surface area (Å²) in [6, 6.07) is 7.65. The maximum atomic E-state index is 12.5. The molecule has 0 atom stereocenters. The van der Waals surface area contributed by atoms with E-state index in [-0.39, 0.29) is 17.3 Å². The van der Waals surface area contributed by atoms with Gasteiger partial charge in [-0.1, -0.05) is 11.8 Å². The van der Waals surface area contributed by atoms with E-state index >= 15 is 0 Å². The number of hydrogen-bond acceptors (Lipinski definition) is 5. The Kier molecular flexibility index (Phi) is 4.79. The van der Waals surface area contributed by atoms with Crippen molar-refractivity contribution in [2.75, 3.05) is 11.1 Å². The number of aromatic amines is 1. The molecule has 0 aliphatic heterocycles. The Hall–Kier alpha value is -2.75. The average Bonchev–Trinajstić information content (AvgIpc) is 3.24. The number of rotatable bonds is 5. The quantitative estimate of drug-likeness (QED) is 0.669. The molecule has 1 aromatic carbocycles. The molecular formula is C15H11F3N4O2S. The number of carbonyl (C=O) groups is 1. The second kappa shape index (κ2) is 7.01. The van der Waals surface area contributed by atoms with Crippen LogP contribution in [-0.4, -0.2) is 26.8 Å². The normalized spacial score (nSPS) is 11.5. The number of H-pyrrole nitrogens is 1. The van der Waals surface area contributed by atoms with E-state index in [0.717, 1.165) is 23.9 Å². The number of alkyl halides is 3. The Labute approximate surface area is 143 Å². The topological polar surface area (TPSA) is 83.8 Å². The number of anilines is 1. The molecule has 0 radical (unpaired) electrons. The lowest BCUT2D eigenvalue weighted by molar-refractivity contribution is -0.137. The first-order valence-corrected chi connectivity index (χ1v) is 7.96. The number of benzene rings is 1. The number of amides is 1. The predicted molar refractivity (Wildman–Crippen MR) is 84.9 cm³/mol. The highest BCUT2D eigenvalue weighted by atomic mass is 32.2. The zero-order chi connectivity index (χ0) is 17.9. The van der Waals surface area contributed by atoms with Crippen LogP contribution in [-0.2, 0) is 11.0 Å². The minimum Gasteiger partial charge on any atom is -0.461 e. The molecule has 0 saturated carbocycles. The Bertz CT molecular complexity index is 845. The minimum absolute atomic E-state index is 0.0104. The molecule has 3 rings (SSSR count). The fraction of sp³-hybridized carbons (Fsp3) is 0.133. The van der Waals surface area contributed by atoms with E-state index in [4.69, 9.17) is 4.42 Å². The molecule has 2 aromatic heterocycles. The van der Waals surface area contributed by atoms with Crippen molar-refractivity contribution in [3.63, 3.8) is 0 Å². The van der Waals surface area contributed by atoms with Crippen molar-refractivity contribution in [2.24, 2.45) is 0 Å². The molecule has 3 aromatic rings. The summed E-state index contributed by atoms with van der Waals surface area (Å²) in [5.74, 6) is 0.592. The van der Waals surface area contributed by atoms with E-state index < -0.39 is 11.7 Å². The van der Waals surface area contributed by atoms with Crippen LogP contribution >= 0.6 is 11.8 Å². The van der Waals surface area contributed by atoms with E-state index in [1.54, 1.807) is 12.1 Å². The van der Waals surface area contributed by atoms with E-state index in [1.807, 2.05) is 0 Å². The van der Waals surface area contributed by atoms with E-state index in [1.165, 1.54) is 18.4 Å². The number of thioether (sulfide) groups is 1. The van der Waals surface area contributed by atoms with E-state index in [9.17, 15) is 18.0 Å². The van der Waals surface area contributed by atoms with Gasteiger partial charge in [0.05, 0.1) is 17.6 Å². The molecule has 1 amide bonds. The molecule has 0 bridgehead atoms. The van der Waals surface area contributed by atoms with Gasteiger partial charge in [0.25, 0.3) is 0 Å². The van der Waals surface area contributed by atoms with Crippen LogP contribution in [0.4, 0.5) is 18.9 Å². The summed E-state index contributed by atoms with van der Waals surface area (Å²) in [5, 5.41) is 9.51. The number of nitrogens with zero attached hydrogens (tertiary/aromatic N) is 2. The van der Waals surface area contributed by atoms with Crippen molar-refractivity contribution in [3.8, 4) is 11.6 Å². The van der Waals surface area contributed by atoms with E-state index in [0.29, 0.717) is 16.7 Å². The molecule has 0 aliphatic rings. The van der Waals surface area contributed by atoms with Gasteiger partial charge in [0.15, 0.2) is 11.6 Å². The number of halogens is 3. The van der Waals surface area contributed by atoms with Gasteiger partial charge in [-0.05, 0) is 36.4 Å². The van der Waals surface area contributed by atoms with Gasteiger partial charge >= 0.3 is 6.18 Å². The molecule has 130 valence electrons. The second-order valence-electron chi connectivity index (χ2n) is 4.86. The number of furan rings is 1. The fourth-order valence-corrected chi connectivity index (χ4v) is 2.50. The lowest BCUT2D eigenvalue weighted by Crippen LogP contribution is -2.14. The van der Waals surface area contributed by atoms with Gasteiger partial charge < -0.3 is 9.73 Å². The van der Waals surface area contributed by atoms with Crippen molar-refractivity contribution < 1.29 is 22.4 Å². The van der Waals surface area contributed by atoms with Crippen molar-refractivity contribution in [1.29, 1.82) is 0 Å². The highest BCUT2D eigenvalue weighted by molar-refractivity contribution is 7.99. The van der Waals surface area contributed by atoms with Gasteiger partial charge in [0.1, 0.15) is 0 Å². The van der Waals surface area contributed by atoms with Crippen LogP contribution in [0.5, 0.6) is 0 Å². The molecule has 0 fully saturated rings. The number of carbonyl (C=O) groups excluding carboxylic acids is 1. The lowest BCUT2D eigenvalue weighted by atomic mass is 10.2. The third-order valence-electron chi connectivity index (χ3n) is 3.05. The summed E-state index contributed by atoms with van der Waals surface area (Å²) in [6.45, 7) is 0. The first-order chi connectivity index (χ1) is 11.9. The zero-order valence-corrected chi connectivity index (χ0v) is 13.3. The molecule has 0 saturated heterocycles. The zero-order valence-electron chi connectivity index (χ0n) is 12.5. The molecule has 6 nitrogen and oxygen atoms in total. The van der Waals surface area contributed by atoms with Crippen LogP contribution in [0.2, 0.25) is 0 Å². The molecule has 2 heterocycles. The number of nitrogens with one attached hydrogen (secondary N) is 2. The Morgan fingerprint density at radius 3 is 2.64 bits per heavy atom. The Balaban J connectivity index is 1.53. The summed E-state index contributed by atoms with van der Waals surface area (Å²) < 4.78 is 42.6. The molecular weight excluding hydrogens is 357 g/mol. The molecule has 25 heavy (non-hydrogen) atoms. The largest absolute Gasteiger partial charge is 0.461 e. The summed E-state index contributed by atoms with van der Waals surface area (Å²) >= 11 is 1.09. The van der Waals surface area contributed by atoms with Gasteiger partial charge in [-0.25, -0.2) is 0 Å². The van der Waals surface area contributed by atoms with Crippen molar-refractivity contribution in [3.05, 3.63) is 48.2 Å². The van der Waals surface area contributed by atoms with Crippen LogP contribution in [0.15, 0.2) is 52.2 Å². The van der Waals surface area contributed by atoms with Gasteiger partial charge in [0.2, 0.25) is 11.1 Å². The van der Waals surface area contributed by atoms with Gasteiger partial charge in [-0.15, -0.1) is 5.10 Å². The molecule has 0 spiro atoms. The predicted octanol–water partition coefficient (Wildman–Crippen LogP) is 3.81. The summed E-state index contributed by atoms with van der Waals surface area (Å²) in [7, 11) is 0. The Morgan fingerprint density at radius 1 is 1.24 bits per heavy atom. The summed E-state index contributed by atoms with van der Waals surface area (Å²) in [4.78, 5) is 16.0. The van der Waals surface area contributed by atoms with Crippen molar-refractivity contribution in [2.45, 2.75) is 11.3 Å².